The van der Waals surface area contributed by atoms with Crippen LogP contribution in [0.1, 0.15) is 30.5 Å². The van der Waals surface area contributed by atoms with E-state index < -0.39 is 0 Å². The fourth-order valence-corrected chi connectivity index (χ4v) is 2.83. The highest BCUT2D eigenvalue weighted by molar-refractivity contribution is 5.74. The van der Waals surface area contributed by atoms with Crippen molar-refractivity contribution in [2.45, 2.75) is 20.3 Å². The Balaban J connectivity index is 2.39. The van der Waals surface area contributed by atoms with E-state index in [1.807, 2.05) is 44.2 Å². The molecule has 0 radical (unpaired) electrons. The van der Waals surface area contributed by atoms with Crippen molar-refractivity contribution in [3.8, 4) is 28.7 Å². The first-order chi connectivity index (χ1) is 13.4. The van der Waals surface area contributed by atoms with E-state index in [4.69, 9.17) is 18.9 Å². The van der Waals surface area contributed by atoms with Crippen LogP contribution in [0.5, 0.6) is 28.7 Å². The molecule has 0 aliphatic carbocycles. The highest BCUT2D eigenvalue weighted by Crippen LogP contribution is 2.39. The summed E-state index contributed by atoms with van der Waals surface area (Å²) in [4.78, 5) is 0. The molecule has 0 fully saturated rings. The number of ether oxygens (including phenoxy) is 4. The van der Waals surface area contributed by atoms with Crippen LogP contribution in [0.15, 0.2) is 35.9 Å². The Morgan fingerprint density at radius 2 is 1.29 bits per heavy atom. The van der Waals surface area contributed by atoms with Crippen molar-refractivity contribution in [2.24, 2.45) is 0 Å². The number of aromatic hydroxyl groups is 1. The van der Waals surface area contributed by atoms with Gasteiger partial charge < -0.3 is 24.1 Å². The maximum Gasteiger partial charge on any atom is 0.203 e. The van der Waals surface area contributed by atoms with Gasteiger partial charge >= 0.3 is 0 Å². The van der Waals surface area contributed by atoms with E-state index in [1.54, 1.807) is 34.5 Å². The molecule has 1 N–H and O–H groups in total. The molecule has 2 aromatic rings. The zero-order chi connectivity index (χ0) is 20.7. The minimum atomic E-state index is 0.210. The van der Waals surface area contributed by atoms with Gasteiger partial charge in [-0.15, -0.1) is 0 Å². The summed E-state index contributed by atoms with van der Waals surface area (Å²) in [7, 11) is 6.34. The van der Waals surface area contributed by atoms with Crippen LogP contribution in [0.4, 0.5) is 0 Å². The van der Waals surface area contributed by atoms with E-state index in [0.717, 1.165) is 16.7 Å². The summed E-state index contributed by atoms with van der Waals surface area (Å²) in [6, 6.07) is 7.35. The minimum absolute atomic E-state index is 0.210. The summed E-state index contributed by atoms with van der Waals surface area (Å²) in [5, 5.41) is 10.4. The van der Waals surface area contributed by atoms with Crippen LogP contribution in [-0.4, -0.2) is 33.5 Å². The van der Waals surface area contributed by atoms with E-state index in [1.165, 1.54) is 5.57 Å². The molecule has 0 bridgehead atoms. The summed E-state index contributed by atoms with van der Waals surface area (Å²) in [5.41, 5.74) is 3.66. The second-order valence-electron chi connectivity index (χ2n) is 6.50. The topological polar surface area (TPSA) is 57.2 Å². The van der Waals surface area contributed by atoms with Crippen LogP contribution in [0.3, 0.4) is 0 Å². The largest absolute Gasteiger partial charge is 0.507 e. The zero-order valence-electron chi connectivity index (χ0n) is 17.3. The number of allylic oxidation sites excluding steroid dienone is 2. The van der Waals surface area contributed by atoms with Crippen molar-refractivity contribution in [1.82, 2.24) is 0 Å². The van der Waals surface area contributed by atoms with Gasteiger partial charge in [-0.1, -0.05) is 23.8 Å². The van der Waals surface area contributed by atoms with Crippen LogP contribution < -0.4 is 18.9 Å². The van der Waals surface area contributed by atoms with Crippen molar-refractivity contribution >= 4 is 12.2 Å². The third kappa shape index (κ3) is 5.00. The number of rotatable bonds is 8. The zero-order valence-corrected chi connectivity index (χ0v) is 17.3. The molecule has 150 valence electrons. The van der Waals surface area contributed by atoms with Crippen LogP contribution >= 0.6 is 0 Å². The minimum Gasteiger partial charge on any atom is -0.507 e. The van der Waals surface area contributed by atoms with Gasteiger partial charge in [0, 0.05) is 5.56 Å². The molecule has 0 aliphatic heterocycles. The Kier molecular flexibility index (Phi) is 7.38. The number of methoxy groups -OCH3 is 4. The first-order valence-corrected chi connectivity index (χ1v) is 8.94. The number of hydrogen-bond acceptors (Lipinski definition) is 5. The lowest BCUT2D eigenvalue weighted by Gasteiger charge is -2.13. The predicted molar refractivity (Wildman–Crippen MR) is 113 cm³/mol. The lowest BCUT2D eigenvalue weighted by atomic mass is 10.0. The van der Waals surface area contributed by atoms with E-state index >= 15 is 0 Å². The van der Waals surface area contributed by atoms with Crippen molar-refractivity contribution < 1.29 is 24.1 Å². The molecule has 0 heterocycles. The molecule has 0 aromatic heterocycles. The molecule has 0 saturated heterocycles. The van der Waals surface area contributed by atoms with Crippen molar-refractivity contribution in [3.63, 3.8) is 0 Å². The quantitative estimate of drug-likeness (QED) is 0.506. The first-order valence-electron chi connectivity index (χ1n) is 8.94. The third-order valence-electron chi connectivity index (χ3n) is 4.30. The van der Waals surface area contributed by atoms with Gasteiger partial charge in [0.1, 0.15) is 11.5 Å². The molecule has 0 aliphatic rings. The van der Waals surface area contributed by atoms with Gasteiger partial charge in [0.05, 0.1) is 28.4 Å². The molecule has 0 saturated carbocycles. The molecular weight excluding hydrogens is 356 g/mol. The van der Waals surface area contributed by atoms with E-state index in [9.17, 15) is 5.11 Å². The molecule has 2 rings (SSSR count). The van der Waals surface area contributed by atoms with E-state index in [-0.39, 0.29) is 5.75 Å². The van der Waals surface area contributed by atoms with Crippen LogP contribution in [0.2, 0.25) is 0 Å². The molecule has 5 nitrogen and oxygen atoms in total. The number of hydrogen-bond donors (Lipinski definition) is 1. The highest BCUT2D eigenvalue weighted by Gasteiger charge is 2.12. The van der Waals surface area contributed by atoms with Crippen molar-refractivity contribution in [3.05, 3.63) is 52.6 Å². The van der Waals surface area contributed by atoms with Crippen LogP contribution in [0.25, 0.3) is 12.2 Å². The molecular formula is C23H28O5. The normalized spacial score (nSPS) is 10.6. The summed E-state index contributed by atoms with van der Waals surface area (Å²) in [6.07, 6.45) is 6.49. The Morgan fingerprint density at radius 3 is 1.75 bits per heavy atom. The third-order valence-corrected chi connectivity index (χ3v) is 4.30. The maximum atomic E-state index is 10.4. The second-order valence-corrected chi connectivity index (χ2v) is 6.50. The average molecular weight is 384 g/mol. The SMILES string of the molecule is COc1cc(C=Cc2cc(OC)c(OC)c(OC)c2)cc(O)c1CC=C(C)C. The average Bonchev–Trinajstić information content (AvgIpc) is 2.69. The molecule has 0 amide bonds. The van der Waals surface area contributed by atoms with Gasteiger partial charge in [0.15, 0.2) is 11.5 Å². The number of benzene rings is 2. The lowest BCUT2D eigenvalue weighted by Crippen LogP contribution is -1.95. The first kappa shape index (κ1) is 21.2. The Bertz CT molecular complexity index is 852. The van der Waals surface area contributed by atoms with Gasteiger partial charge in [-0.05, 0) is 55.7 Å². The smallest absolute Gasteiger partial charge is 0.203 e. The molecule has 5 heteroatoms. The highest BCUT2D eigenvalue weighted by atomic mass is 16.5. The summed E-state index contributed by atoms with van der Waals surface area (Å²) in [5.74, 6) is 2.58. The molecule has 0 atom stereocenters. The van der Waals surface area contributed by atoms with E-state index in [2.05, 4.69) is 6.08 Å². The molecule has 28 heavy (non-hydrogen) atoms. The van der Waals surface area contributed by atoms with E-state index in [0.29, 0.717) is 29.4 Å². The molecule has 0 unspecified atom stereocenters. The van der Waals surface area contributed by atoms with Crippen LogP contribution in [-0.2, 0) is 6.42 Å². The molecule has 2 aromatic carbocycles. The van der Waals surface area contributed by atoms with Crippen molar-refractivity contribution in [2.75, 3.05) is 28.4 Å². The molecule has 0 spiro atoms. The summed E-state index contributed by atoms with van der Waals surface area (Å²) >= 11 is 0. The fraction of sp³-hybridized carbons (Fsp3) is 0.304. The maximum absolute atomic E-state index is 10.4. The summed E-state index contributed by atoms with van der Waals surface area (Å²) in [6.45, 7) is 4.05. The van der Waals surface area contributed by atoms with Gasteiger partial charge in [-0.25, -0.2) is 0 Å². The predicted octanol–water partition coefficient (Wildman–Crippen LogP) is 5.11. The van der Waals surface area contributed by atoms with Gasteiger partial charge in [-0.3, -0.25) is 0 Å². The Labute approximate surface area is 166 Å². The number of phenols is 1. The lowest BCUT2D eigenvalue weighted by molar-refractivity contribution is 0.324. The fourth-order valence-electron chi connectivity index (χ4n) is 2.83. The van der Waals surface area contributed by atoms with Gasteiger partial charge in [0.25, 0.3) is 0 Å². The standard InChI is InChI=1S/C23H28O5/c1-15(2)7-10-18-19(24)11-16(12-20(18)25-3)8-9-17-13-21(26-4)23(28-6)22(14-17)27-5/h7-9,11-14,24H,10H2,1-6H3. The Hall–Kier alpha value is -3.08. The Morgan fingerprint density at radius 1 is 0.786 bits per heavy atom. The van der Waals surface area contributed by atoms with Gasteiger partial charge in [-0.2, -0.15) is 0 Å². The monoisotopic (exact) mass is 384 g/mol. The second kappa shape index (κ2) is 9.74. The van der Waals surface area contributed by atoms with Gasteiger partial charge in [0.2, 0.25) is 5.75 Å². The van der Waals surface area contributed by atoms with Crippen LogP contribution in [0, 0.1) is 0 Å². The van der Waals surface area contributed by atoms with Crippen molar-refractivity contribution in [1.29, 1.82) is 0 Å². The summed E-state index contributed by atoms with van der Waals surface area (Å²) < 4.78 is 21.6. The number of phenolic OH excluding ortho intramolecular Hbond substituents is 1.